The van der Waals surface area contributed by atoms with Gasteiger partial charge in [0, 0.05) is 25.7 Å². The number of rotatable bonds is 8. The standard InChI is InChI=1S/C22H32N4OS.HI/c1-3-14-27-20-8-5-7-18(16-20)17-24-22(23-4-2)25-19-10-12-26(13-11-19)21-9-6-15-28-21;/h5-9,15-16,19H,3-4,10-14,17H2,1-2H3,(H2,23,24,25);1H. The van der Waals surface area contributed by atoms with E-state index < -0.39 is 0 Å². The number of benzene rings is 1. The smallest absolute Gasteiger partial charge is 0.191 e. The Morgan fingerprint density at radius 1 is 1.21 bits per heavy atom. The molecule has 0 bridgehead atoms. The van der Waals surface area contributed by atoms with Crippen molar-refractivity contribution in [1.82, 2.24) is 10.6 Å². The third-order valence-corrected chi connectivity index (χ3v) is 5.72. The zero-order valence-electron chi connectivity index (χ0n) is 17.4. The molecule has 2 heterocycles. The van der Waals surface area contributed by atoms with Gasteiger partial charge in [-0.1, -0.05) is 19.1 Å². The fraction of sp³-hybridized carbons (Fsp3) is 0.500. The van der Waals surface area contributed by atoms with Gasteiger partial charge < -0.3 is 20.3 Å². The van der Waals surface area contributed by atoms with E-state index in [4.69, 9.17) is 9.73 Å². The fourth-order valence-electron chi connectivity index (χ4n) is 3.33. The maximum atomic E-state index is 5.73. The van der Waals surface area contributed by atoms with E-state index in [0.29, 0.717) is 12.6 Å². The largest absolute Gasteiger partial charge is 0.494 e. The van der Waals surface area contributed by atoms with E-state index in [1.165, 1.54) is 10.6 Å². The summed E-state index contributed by atoms with van der Waals surface area (Å²) in [6.45, 7) is 8.67. The Morgan fingerprint density at radius 3 is 2.72 bits per heavy atom. The highest BCUT2D eigenvalue weighted by atomic mass is 127. The van der Waals surface area contributed by atoms with Crippen molar-refractivity contribution < 1.29 is 4.74 Å². The Kier molecular flexibility index (Phi) is 10.6. The van der Waals surface area contributed by atoms with Crippen molar-refractivity contribution in [2.45, 2.75) is 45.7 Å². The highest BCUT2D eigenvalue weighted by Crippen LogP contribution is 2.24. The molecule has 1 saturated heterocycles. The van der Waals surface area contributed by atoms with Crippen LogP contribution < -0.4 is 20.3 Å². The number of hydrogen-bond acceptors (Lipinski definition) is 4. The summed E-state index contributed by atoms with van der Waals surface area (Å²) in [5.74, 6) is 1.82. The molecule has 0 saturated carbocycles. The Balaban J connectivity index is 0.00000300. The van der Waals surface area contributed by atoms with Crippen LogP contribution >= 0.6 is 35.3 Å². The number of halogens is 1. The third kappa shape index (κ3) is 7.70. The lowest BCUT2D eigenvalue weighted by molar-refractivity contribution is 0.317. The second-order valence-electron chi connectivity index (χ2n) is 7.05. The van der Waals surface area contributed by atoms with Crippen LogP contribution in [0.15, 0.2) is 46.8 Å². The highest BCUT2D eigenvalue weighted by Gasteiger charge is 2.20. The second kappa shape index (κ2) is 13.0. The van der Waals surface area contributed by atoms with E-state index in [-0.39, 0.29) is 24.0 Å². The minimum Gasteiger partial charge on any atom is -0.494 e. The first-order valence-electron chi connectivity index (χ1n) is 10.3. The molecule has 3 rings (SSSR count). The fourth-order valence-corrected chi connectivity index (χ4v) is 4.12. The molecule has 1 fully saturated rings. The van der Waals surface area contributed by atoms with E-state index in [0.717, 1.165) is 57.2 Å². The van der Waals surface area contributed by atoms with Crippen LogP contribution in [0.5, 0.6) is 5.75 Å². The monoisotopic (exact) mass is 528 g/mol. The molecule has 7 heteroatoms. The number of ether oxygens (including phenoxy) is 1. The molecular weight excluding hydrogens is 495 g/mol. The molecule has 160 valence electrons. The average molecular weight is 529 g/mol. The first kappa shape index (κ1) is 23.8. The van der Waals surface area contributed by atoms with Crippen LogP contribution in [0.25, 0.3) is 0 Å². The van der Waals surface area contributed by atoms with Crippen LogP contribution in [0.3, 0.4) is 0 Å². The van der Waals surface area contributed by atoms with Gasteiger partial charge in [0.05, 0.1) is 18.2 Å². The second-order valence-corrected chi connectivity index (χ2v) is 7.97. The number of hydrogen-bond donors (Lipinski definition) is 2. The zero-order valence-corrected chi connectivity index (χ0v) is 20.5. The Morgan fingerprint density at radius 2 is 2.03 bits per heavy atom. The Hall–Kier alpha value is -1.48. The molecule has 0 unspecified atom stereocenters. The van der Waals surface area contributed by atoms with Crippen LogP contribution in [-0.2, 0) is 6.54 Å². The maximum absolute atomic E-state index is 5.73. The molecule has 0 radical (unpaired) electrons. The number of aliphatic imine (C=N–C) groups is 1. The molecule has 5 nitrogen and oxygen atoms in total. The van der Waals surface area contributed by atoms with E-state index >= 15 is 0 Å². The quantitative estimate of drug-likeness (QED) is 0.292. The van der Waals surface area contributed by atoms with Crippen LogP contribution in [0.1, 0.15) is 38.7 Å². The molecule has 1 aromatic heterocycles. The van der Waals surface area contributed by atoms with Crippen molar-refractivity contribution in [3.8, 4) is 5.75 Å². The predicted molar refractivity (Wildman–Crippen MR) is 135 cm³/mol. The summed E-state index contributed by atoms with van der Waals surface area (Å²) < 4.78 is 5.73. The molecule has 0 spiro atoms. The molecule has 0 atom stereocenters. The third-order valence-electron chi connectivity index (χ3n) is 4.79. The van der Waals surface area contributed by atoms with Gasteiger partial charge in [0.2, 0.25) is 0 Å². The number of nitrogens with one attached hydrogen (secondary N) is 2. The van der Waals surface area contributed by atoms with Crippen LogP contribution in [0.4, 0.5) is 5.00 Å². The van der Waals surface area contributed by atoms with Crippen molar-refractivity contribution in [3.63, 3.8) is 0 Å². The minimum absolute atomic E-state index is 0. The van der Waals surface area contributed by atoms with Gasteiger partial charge in [-0.05, 0) is 61.4 Å². The van der Waals surface area contributed by atoms with Crippen molar-refractivity contribution in [2.75, 3.05) is 31.1 Å². The number of thiophene rings is 1. The van der Waals surface area contributed by atoms with Gasteiger partial charge >= 0.3 is 0 Å². The lowest BCUT2D eigenvalue weighted by atomic mass is 10.1. The molecule has 29 heavy (non-hydrogen) atoms. The van der Waals surface area contributed by atoms with Gasteiger partial charge in [-0.2, -0.15) is 0 Å². The SMILES string of the molecule is CCCOc1cccc(CN=C(NCC)NC2CCN(c3cccs3)CC2)c1.I. The molecule has 0 amide bonds. The molecule has 1 aliphatic rings. The number of anilines is 1. The van der Waals surface area contributed by atoms with Crippen molar-refractivity contribution in [3.05, 3.63) is 47.3 Å². The summed E-state index contributed by atoms with van der Waals surface area (Å²) in [5, 5.41) is 10.5. The molecular formula is C22H33IN4OS. The van der Waals surface area contributed by atoms with Crippen LogP contribution in [-0.4, -0.2) is 38.2 Å². The van der Waals surface area contributed by atoms with Crippen LogP contribution in [0, 0.1) is 0 Å². The van der Waals surface area contributed by atoms with E-state index in [2.05, 4.69) is 59.0 Å². The molecule has 2 aromatic rings. The normalized spacial score (nSPS) is 15.0. The molecule has 1 aliphatic heterocycles. The van der Waals surface area contributed by atoms with Gasteiger partial charge in [-0.15, -0.1) is 35.3 Å². The number of piperidine rings is 1. The molecule has 2 N–H and O–H groups in total. The topological polar surface area (TPSA) is 48.9 Å². The first-order valence-corrected chi connectivity index (χ1v) is 11.2. The number of guanidine groups is 1. The lowest BCUT2D eigenvalue weighted by Gasteiger charge is -2.33. The van der Waals surface area contributed by atoms with Crippen molar-refractivity contribution in [2.24, 2.45) is 4.99 Å². The van der Waals surface area contributed by atoms with Gasteiger partial charge in [-0.3, -0.25) is 0 Å². The summed E-state index contributed by atoms with van der Waals surface area (Å²) in [6, 6.07) is 13.0. The minimum atomic E-state index is 0. The Labute approximate surface area is 196 Å². The highest BCUT2D eigenvalue weighted by molar-refractivity contribution is 14.0. The summed E-state index contributed by atoms with van der Waals surface area (Å²) in [6.07, 6.45) is 3.27. The van der Waals surface area contributed by atoms with Gasteiger partial charge in [0.25, 0.3) is 0 Å². The van der Waals surface area contributed by atoms with Crippen molar-refractivity contribution >= 4 is 46.3 Å². The average Bonchev–Trinajstić information content (AvgIpc) is 3.26. The summed E-state index contributed by atoms with van der Waals surface area (Å²) >= 11 is 1.82. The maximum Gasteiger partial charge on any atom is 0.191 e. The Bertz CT molecular complexity index is 730. The van der Waals surface area contributed by atoms with E-state index in [1.54, 1.807) is 0 Å². The van der Waals surface area contributed by atoms with Crippen molar-refractivity contribution in [1.29, 1.82) is 0 Å². The summed E-state index contributed by atoms with van der Waals surface area (Å²) in [7, 11) is 0. The van der Waals surface area contributed by atoms with Gasteiger partial charge in [-0.25, -0.2) is 4.99 Å². The van der Waals surface area contributed by atoms with E-state index in [9.17, 15) is 0 Å². The first-order chi connectivity index (χ1) is 13.8. The lowest BCUT2D eigenvalue weighted by Crippen LogP contribution is -2.48. The number of nitrogens with zero attached hydrogens (tertiary/aromatic N) is 2. The zero-order chi connectivity index (χ0) is 19.6. The van der Waals surface area contributed by atoms with Crippen LogP contribution in [0.2, 0.25) is 0 Å². The van der Waals surface area contributed by atoms with E-state index in [1.807, 2.05) is 23.5 Å². The molecule has 0 aliphatic carbocycles. The van der Waals surface area contributed by atoms with Gasteiger partial charge in [0.1, 0.15) is 5.75 Å². The summed E-state index contributed by atoms with van der Waals surface area (Å²) in [5.41, 5.74) is 1.17. The predicted octanol–water partition coefficient (Wildman–Crippen LogP) is 4.88. The van der Waals surface area contributed by atoms with Gasteiger partial charge in [0.15, 0.2) is 5.96 Å². The molecule has 1 aromatic carbocycles. The summed E-state index contributed by atoms with van der Waals surface area (Å²) in [4.78, 5) is 7.28.